The van der Waals surface area contributed by atoms with Crippen molar-refractivity contribution < 1.29 is 19.4 Å². The van der Waals surface area contributed by atoms with Gasteiger partial charge in [0.2, 0.25) is 0 Å². The molecule has 0 aliphatic carbocycles. The minimum atomic E-state index is -1.03. The average molecular weight is 330 g/mol. The van der Waals surface area contributed by atoms with Crippen LogP contribution in [0.15, 0.2) is 23.1 Å². The van der Waals surface area contributed by atoms with Crippen molar-refractivity contribution in [2.45, 2.75) is 23.5 Å². The van der Waals surface area contributed by atoms with Crippen molar-refractivity contribution in [2.24, 2.45) is 0 Å². The van der Waals surface area contributed by atoms with E-state index in [1.165, 1.54) is 23.8 Å². The number of carboxylic acid groups (broad SMARTS) is 1. The number of nitrogens with zero attached hydrogens (tertiary/aromatic N) is 1. The molecule has 1 aliphatic rings. The first-order chi connectivity index (χ1) is 9.97. The van der Waals surface area contributed by atoms with Crippen LogP contribution in [0.1, 0.15) is 16.8 Å². The summed E-state index contributed by atoms with van der Waals surface area (Å²) in [5, 5.41) is 9.60. The van der Waals surface area contributed by atoms with E-state index >= 15 is 0 Å². The lowest BCUT2D eigenvalue weighted by Crippen LogP contribution is -2.40. The number of amides is 1. The van der Waals surface area contributed by atoms with Gasteiger partial charge in [0.25, 0.3) is 5.91 Å². The molecule has 5 nitrogen and oxygen atoms in total. The zero-order chi connectivity index (χ0) is 15.6. The number of carboxylic acids is 1. The Hall–Kier alpha value is -1.24. The Morgan fingerprint density at radius 3 is 2.76 bits per heavy atom. The fraction of sp³-hybridized carbons (Fsp3) is 0.429. The molecule has 1 fully saturated rings. The van der Waals surface area contributed by atoms with E-state index in [1.807, 2.05) is 12.3 Å². The van der Waals surface area contributed by atoms with Crippen molar-refractivity contribution in [3.8, 4) is 0 Å². The summed E-state index contributed by atoms with van der Waals surface area (Å²) in [7, 11) is 1.51. The Morgan fingerprint density at radius 1 is 1.48 bits per heavy atom. The smallest absolute Gasteiger partial charge is 0.326 e. The number of hydrogen-bond acceptors (Lipinski definition) is 4. The highest BCUT2D eigenvalue weighted by Gasteiger charge is 2.40. The summed E-state index contributed by atoms with van der Waals surface area (Å²) in [5.74, 6) is -1.40. The van der Waals surface area contributed by atoms with Crippen LogP contribution in [0, 0.1) is 0 Å². The van der Waals surface area contributed by atoms with Crippen LogP contribution in [0.4, 0.5) is 0 Å². The Balaban J connectivity index is 2.32. The third-order valence-corrected chi connectivity index (χ3v) is 4.60. The van der Waals surface area contributed by atoms with Gasteiger partial charge in [-0.05, 0) is 24.5 Å². The minimum absolute atomic E-state index is 0.256. The molecule has 0 spiro atoms. The number of carbonyl (C=O) groups is 2. The Kier molecular flexibility index (Phi) is 5.13. The van der Waals surface area contributed by atoms with Gasteiger partial charge in [-0.1, -0.05) is 11.6 Å². The lowest BCUT2D eigenvalue weighted by Gasteiger charge is -2.22. The summed E-state index contributed by atoms with van der Waals surface area (Å²) in [6, 6.07) is 4.28. The number of thioether (sulfide) groups is 1. The monoisotopic (exact) mass is 329 g/mol. The van der Waals surface area contributed by atoms with Gasteiger partial charge < -0.3 is 14.7 Å². The maximum absolute atomic E-state index is 12.6. The number of methoxy groups -OCH3 is 1. The molecule has 1 aromatic rings. The number of hydrogen-bond donors (Lipinski definition) is 1. The molecule has 1 aromatic carbocycles. The highest BCUT2D eigenvalue weighted by atomic mass is 35.5. The van der Waals surface area contributed by atoms with Crippen LogP contribution in [0.3, 0.4) is 0 Å². The SMILES string of the molecule is COC1CC(C(=O)O)N(C(=O)c2cc(SC)ccc2Cl)C1. The van der Waals surface area contributed by atoms with E-state index in [0.717, 1.165) is 4.90 Å². The van der Waals surface area contributed by atoms with Gasteiger partial charge in [-0.15, -0.1) is 11.8 Å². The number of rotatable bonds is 4. The lowest BCUT2D eigenvalue weighted by molar-refractivity contribution is -0.141. The minimum Gasteiger partial charge on any atom is -0.480 e. The molecule has 2 unspecified atom stereocenters. The van der Waals surface area contributed by atoms with Crippen LogP contribution in [-0.4, -0.2) is 53.9 Å². The number of ether oxygens (including phenoxy) is 1. The van der Waals surface area contributed by atoms with Crippen LogP contribution in [0.5, 0.6) is 0 Å². The maximum atomic E-state index is 12.6. The predicted molar refractivity (Wildman–Crippen MR) is 81.1 cm³/mol. The third-order valence-electron chi connectivity index (χ3n) is 3.55. The van der Waals surface area contributed by atoms with E-state index in [2.05, 4.69) is 0 Å². The largest absolute Gasteiger partial charge is 0.480 e. The van der Waals surface area contributed by atoms with Crippen LogP contribution in [0.2, 0.25) is 5.02 Å². The first kappa shape index (κ1) is 16.1. The Bertz CT molecular complexity index is 566. The van der Waals surface area contributed by atoms with Gasteiger partial charge in [-0.25, -0.2) is 4.79 Å². The molecule has 0 radical (unpaired) electrons. The van der Waals surface area contributed by atoms with E-state index in [1.54, 1.807) is 12.1 Å². The zero-order valence-corrected chi connectivity index (χ0v) is 13.3. The van der Waals surface area contributed by atoms with Gasteiger partial charge in [0.15, 0.2) is 0 Å². The number of likely N-dealkylation sites (tertiary alicyclic amines) is 1. The molecule has 0 bridgehead atoms. The molecule has 1 heterocycles. The van der Waals surface area contributed by atoms with Crippen LogP contribution < -0.4 is 0 Å². The van der Waals surface area contributed by atoms with Crippen LogP contribution >= 0.6 is 23.4 Å². The summed E-state index contributed by atoms with van der Waals surface area (Å²) in [6.07, 6.45) is 1.92. The fourth-order valence-corrected chi connectivity index (χ4v) is 3.01. The molecule has 7 heteroatoms. The Labute approximate surface area is 132 Å². The first-order valence-corrected chi connectivity index (χ1v) is 7.98. The van der Waals surface area contributed by atoms with E-state index in [9.17, 15) is 14.7 Å². The molecule has 1 N–H and O–H groups in total. The average Bonchev–Trinajstić information content (AvgIpc) is 2.91. The molecular weight excluding hydrogens is 314 g/mol. The van der Waals surface area contributed by atoms with Crippen LogP contribution in [-0.2, 0) is 9.53 Å². The highest BCUT2D eigenvalue weighted by molar-refractivity contribution is 7.98. The molecular formula is C14H16ClNO4S. The van der Waals surface area contributed by atoms with Gasteiger partial charge in [0.1, 0.15) is 6.04 Å². The molecule has 1 amide bonds. The van der Waals surface area contributed by atoms with Crippen LogP contribution in [0.25, 0.3) is 0 Å². The van der Waals surface area contributed by atoms with Gasteiger partial charge in [0, 0.05) is 25.0 Å². The molecule has 0 aromatic heterocycles. The predicted octanol–water partition coefficient (Wildman–Crippen LogP) is 2.38. The molecule has 114 valence electrons. The second kappa shape index (κ2) is 6.68. The first-order valence-electron chi connectivity index (χ1n) is 6.38. The van der Waals surface area contributed by atoms with Gasteiger partial charge in [-0.3, -0.25) is 4.79 Å². The fourth-order valence-electron chi connectivity index (χ4n) is 2.38. The van der Waals surface area contributed by atoms with E-state index < -0.39 is 12.0 Å². The summed E-state index contributed by atoms with van der Waals surface area (Å²) < 4.78 is 5.19. The van der Waals surface area contributed by atoms with E-state index in [-0.39, 0.29) is 25.0 Å². The topological polar surface area (TPSA) is 66.8 Å². The molecule has 21 heavy (non-hydrogen) atoms. The quantitative estimate of drug-likeness (QED) is 0.859. The number of halogens is 1. The molecule has 0 saturated carbocycles. The molecule has 1 aliphatic heterocycles. The van der Waals surface area contributed by atoms with E-state index in [0.29, 0.717) is 10.6 Å². The Morgan fingerprint density at radius 2 is 2.19 bits per heavy atom. The second-order valence-corrected chi connectivity index (χ2v) is 6.04. The van der Waals surface area contributed by atoms with Crippen molar-refractivity contribution in [1.29, 1.82) is 0 Å². The molecule has 2 rings (SSSR count). The molecule has 1 saturated heterocycles. The van der Waals surface area contributed by atoms with Gasteiger partial charge >= 0.3 is 5.97 Å². The van der Waals surface area contributed by atoms with Gasteiger partial charge in [0.05, 0.1) is 16.7 Å². The van der Waals surface area contributed by atoms with Crippen molar-refractivity contribution in [3.05, 3.63) is 28.8 Å². The number of aliphatic carboxylic acids is 1. The number of benzene rings is 1. The van der Waals surface area contributed by atoms with E-state index in [4.69, 9.17) is 16.3 Å². The summed E-state index contributed by atoms with van der Waals surface area (Å²) >= 11 is 7.58. The highest BCUT2D eigenvalue weighted by Crippen LogP contribution is 2.28. The summed E-state index contributed by atoms with van der Waals surface area (Å²) in [6.45, 7) is 0.256. The third kappa shape index (κ3) is 3.33. The number of carbonyl (C=O) groups excluding carboxylic acids is 1. The normalized spacial score (nSPS) is 21.6. The maximum Gasteiger partial charge on any atom is 0.326 e. The zero-order valence-electron chi connectivity index (χ0n) is 11.7. The standard InChI is InChI=1S/C14H16ClNO4S/c1-20-8-5-12(14(18)19)16(7-8)13(17)10-6-9(21-2)3-4-11(10)15/h3-4,6,8,12H,5,7H2,1-2H3,(H,18,19). The van der Waals surface area contributed by atoms with Crippen molar-refractivity contribution in [3.63, 3.8) is 0 Å². The van der Waals surface area contributed by atoms with Gasteiger partial charge in [-0.2, -0.15) is 0 Å². The second-order valence-electron chi connectivity index (χ2n) is 4.75. The van der Waals surface area contributed by atoms with Crippen molar-refractivity contribution in [2.75, 3.05) is 19.9 Å². The molecule has 2 atom stereocenters. The van der Waals surface area contributed by atoms with Crippen molar-refractivity contribution >= 4 is 35.2 Å². The lowest BCUT2D eigenvalue weighted by atomic mass is 10.1. The summed E-state index contributed by atoms with van der Waals surface area (Å²) in [4.78, 5) is 26.2. The summed E-state index contributed by atoms with van der Waals surface area (Å²) in [5.41, 5.74) is 0.325. The van der Waals surface area contributed by atoms with Crippen molar-refractivity contribution in [1.82, 2.24) is 4.90 Å².